The van der Waals surface area contributed by atoms with Gasteiger partial charge in [-0.2, -0.15) is 0 Å². The van der Waals surface area contributed by atoms with Crippen LogP contribution < -0.4 is 10.1 Å². The number of ether oxygens (including phenoxy) is 1. The molecule has 1 atom stereocenters. The lowest BCUT2D eigenvalue weighted by Crippen LogP contribution is -2.28. The third-order valence-corrected chi connectivity index (χ3v) is 2.54. The fourth-order valence-electron chi connectivity index (χ4n) is 1.80. The molecule has 0 heterocycles. The molecule has 0 bridgehead atoms. The van der Waals surface area contributed by atoms with Crippen LogP contribution in [0.25, 0.3) is 0 Å². The smallest absolute Gasteiger partial charge is 0.227 e. The van der Waals surface area contributed by atoms with Gasteiger partial charge in [-0.25, -0.2) is 0 Å². The quantitative estimate of drug-likeness (QED) is 0.803. The number of para-hydroxylation sites is 1. The molecule has 0 saturated heterocycles. The molecule has 1 aromatic carbocycles. The maximum absolute atomic E-state index is 11.6. The Morgan fingerprint density at radius 1 is 1.21 bits per heavy atom. The van der Waals surface area contributed by atoms with E-state index in [1.54, 1.807) is 0 Å². The number of hydrogen-bond donors (Lipinski definition) is 1. The third-order valence-electron chi connectivity index (χ3n) is 2.54. The monoisotopic (exact) mass is 263 g/mol. The van der Waals surface area contributed by atoms with Crippen molar-refractivity contribution in [3.8, 4) is 5.75 Å². The SMILES string of the molecule is CC(=O)CC(=O)NC(C)c1ccccc1OC(C)C. The van der Waals surface area contributed by atoms with E-state index in [0.717, 1.165) is 11.3 Å². The summed E-state index contributed by atoms with van der Waals surface area (Å²) in [6, 6.07) is 7.39. The zero-order valence-corrected chi connectivity index (χ0v) is 11.9. The Morgan fingerprint density at radius 3 is 2.42 bits per heavy atom. The van der Waals surface area contributed by atoms with Crippen LogP contribution in [0, 0.1) is 0 Å². The molecule has 0 aromatic heterocycles. The summed E-state index contributed by atoms with van der Waals surface area (Å²) in [5.74, 6) is 0.351. The van der Waals surface area contributed by atoms with Gasteiger partial charge in [-0.15, -0.1) is 0 Å². The molecule has 1 rings (SSSR count). The Labute approximate surface area is 114 Å². The second-order valence-corrected chi connectivity index (χ2v) is 4.87. The Hall–Kier alpha value is -1.84. The molecule has 4 heteroatoms. The lowest BCUT2D eigenvalue weighted by atomic mass is 10.1. The second kappa shape index (κ2) is 6.92. The van der Waals surface area contributed by atoms with Gasteiger partial charge in [-0.3, -0.25) is 9.59 Å². The van der Waals surface area contributed by atoms with Crippen molar-refractivity contribution in [2.45, 2.75) is 46.3 Å². The van der Waals surface area contributed by atoms with Gasteiger partial charge in [-0.05, 0) is 33.8 Å². The van der Waals surface area contributed by atoms with E-state index in [2.05, 4.69) is 5.32 Å². The summed E-state index contributed by atoms with van der Waals surface area (Å²) in [4.78, 5) is 22.5. The van der Waals surface area contributed by atoms with Gasteiger partial charge >= 0.3 is 0 Å². The van der Waals surface area contributed by atoms with Crippen molar-refractivity contribution in [3.63, 3.8) is 0 Å². The molecule has 4 nitrogen and oxygen atoms in total. The molecule has 0 aliphatic rings. The normalized spacial score (nSPS) is 12.1. The van der Waals surface area contributed by atoms with Gasteiger partial charge in [0.1, 0.15) is 11.5 Å². The summed E-state index contributed by atoms with van der Waals surface area (Å²) in [6.45, 7) is 7.19. The van der Waals surface area contributed by atoms with E-state index in [0.29, 0.717) is 0 Å². The summed E-state index contributed by atoms with van der Waals surface area (Å²) >= 11 is 0. The zero-order valence-electron chi connectivity index (χ0n) is 11.9. The fraction of sp³-hybridized carbons (Fsp3) is 0.467. The molecule has 1 N–H and O–H groups in total. The number of rotatable bonds is 6. The predicted octanol–water partition coefficient (Wildman–Crippen LogP) is 2.63. The number of carbonyl (C=O) groups excluding carboxylic acids is 2. The number of carbonyl (C=O) groups is 2. The molecule has 0 aliphatic heterocycles. The van der Waals surface area contributed by atoms with Gasteiger partial charge in [0.05, 0.1) is 18.6 Å². The van der Waals surface area contributed by atoms with Crippen molar-refractivity contribution < 1.29 is 14.3 Å². The van der Waals surface area contributed by atoms with Crippen LogP contribution in [0.2, 0.25) is 0 Å². The van der Waals surface area contributed by atoms with Gasteiger partial charge in [-0.1, -0.05) is 18.2 Å². The first-order chi connectivity index (χ1) is 8.90. The first-order valence-electron chi connectivity index (χ1n) is 6.44. The van der Waals surface area contributed by atoms with Crippen LogP contribution in [0.3, 0.4) is 0 Å². The maximum Gasteiger partial charge on any atom is 0.227 e. The molecular formula is C15H21NO3. The number of hydrogen-bond acceptors (Lipinski definition) is 3. The molecule has 1 unspecified atom stereocenters. The molecule has 0 aliphatic carbocycles. The minimum atomic E-state index is -0.264. The minimum absolute atomic E-state index is 0.0706. The van der Waals surface area contributed by atoms with E-state index in [1.807, 2.05) is 45.0 Å². The summed E-state index contributed by atoms with van der Waals surface area (Å²) in [5, 5.41) is 2.80. The molecular weight excluding hydrogens is 242 g/mol. The Morgan fingerprint density at radius 2 is 1.84 bits per heavy atom. The average molecular weight is 263 g/mol. The summed E-state index contributed by atoms with van der Waals surface area (Å²) in [6.07, 6.45) is -0.0151. The Kier molecular flexibility index (Phi) is 5.55. The van der Waals surface area contributed by atoms with E-state index in [-0.39, 0.29) is 30.3 Å². The van der Waals surface area contributed by atoms with Crippen molar-refractivity contribution in [2.24, 2.45) is 0 Å². The largest absolute Gasteiger partial charge is 0.491 e. The number of amides is 1. The zero-order chi connectivity index (χ0) is 14.4. The predicted molar refractivity (Wildman–Crippen MR) is 74.1 cm³/mol. The molecule has 0 radical (unpaired) electrons. The van der Waals surface area contributed by atoms with Crippen LogP contribution in [-0.2, 0) is 9.59 Å². The van der Waals surface area contributed by atoms with Crippen LogP contribution >= 0.6 is 0 Å². The van der Waals surface area contributed by atoms with Crippen molar-refractivity contribution in [3.05, 3.63) is 29.8 Å². The van der Waals surface area contributed by atoms with Crippen LogP contribution in [0.15, 0.2) is 24.3 Å². The molecule has 1 aromatic rings. The molecule has 0 saturated carbocycles. The third kappa shape index (κ3) is 5.12. The maximum atomic E-state index is 11.6. The van der Waals surface area contributed by atoms with Crippen LogP contribution in [0.1, 0.15) is 45.7 Å². The van der Waals surface area contributed by atoms with E-state index >= 15 is 0 Å². The number of nitrogens with one attached hydrogen (secondary N) is 1. The second-order valence-electron chi connectivity index (χ2n) is 4.87. The van der Waals surface area contributed by atoms with Crippen molar-refractivity contribution in [2.75, 3.05) is 0 Å². The number of benzene rings is 1. The van der Waals surface area contributed by atoms with Crippen molar-refractivity contribution >= 4 is 11.7 Å². The molecule has 19 heavy (non-hydrogen) atoms. The van der Waals surface area contributed by atoms with Gasteiger partial charge in [0, 0.05) is 5.56 Å². The highest BCUT2D eigenvalue weighted by Crippen LogP contribution is 2.25. The van der Waals surface area contributed by atoms with E-state index in [4.69, 9.17) is 4.74 Å². The first-order valence-corrected chi connectivity index (χ1v) is 6.44. The number of ketones is 1. The Bertz CT molecular complexity index is 454. The van der Waals surface area contributed by atoms with Gasteiger partial charge in [0.2, 0.25) is 5.91 Å². The summed E-state index contributed by atoms with van der Waals surface area (Å²) in [7, 11) is 0. The summed E-state index contributed by atoms with van der Waals surface area (Å²) < 4.78 is 5.71. The average Bonchev–Trinajstić information content (AvgIpc) is 2.27. The van der Waals surface area contributed by atoms with Gasteiger partial charge in [0.15, 0.2) is 0 Å². The lowest BCUT2D eigenvalue weighted by molar-refractivity contribution is -0.127. The molecule has 1 amide bonds. The molecule has 0 spiro atoms. The van der Waals surface area contributed by atoms with Crippen molar-refractivity contribution in [1.29, 1.82) is 0 Å². The van der Waals surface area contributed by atoms with Crippen LogP contribution in [0.4, 0.5) is 0 Å². The number of Topliss-reactive ketones (excluding diaryl/α,β-unsaturated/α-hetero) is 1. The van der Waals surface area contributed by atoms with Crippen molar-refractivity contribution in [1.82, 2.24) is 5.32 Å². The first kappa shape index (κ1) is 15.2. The summed E-state index contributed by atoms with van der Waals surface area (Å²) in [5.41, 5.74) is 0.910. The Balaban J connectivity index is 2.78. The van der Waals surface area contributed by atoms with E-state index in [1.165, 1.54) is 6.92 Å². The van der Waals surface area contributed by atoms with E-state index in [9.17, 15) is 9.59 Å². The molecule has 0 fully saturated rings. The topological polar surface area (TPSA) is 55.4 Å². The highest BCUT2D eigenvalue weighted by molar-refractivity contribution is 5.96. The standard InChI is InChI=1S/C15H21NO3/c1-10(2)19-14-8-6-5-7-13(14)12(4)16-15(18)9-11(3)17/h5-8,10,12H,9H2,1-4H3,(H,16,18). The highest BCUT2D eigenvalue weighted by atomic mass is 16.5. The fourth-order valence-corrected chi connectivity index (χ4v) is 1.80. The van der Waals surface area contributed by atoms with E-state index < -0.39 is 0 Å². The molecule has 104 valence electrons. The lowest BCUT2D eigenvalue weighted by Gasteiger charge is -2.19. The minimum Gasteiger partial charge on any atom is -0.491 e. The van der Waals surface area contributed by atoms with Gasteiger partial charge < -0.3 is 10.1 Å². The van der Waals surface area contributed by atoms with Crippen LogP contribution in [-0.4, -0.2) is 17.8 Å². The highest BCUT2D eigenvalue weighted by Gasteiger charge is 2.15. The van der Waals surface area contributed by atoms with Gasteiger partial charge in [0.25, 0.3) is 0 Å². The van der Waals surface area contributed by atoms with Crippen LogP contribution in [0.5, 0.6) is 5.75 Å².